The van der Waals surface area contributed by atoms with Gasteiger partial charge in [-0.3, -0.25) is 0 Å². The van der Waals surface area contributed by atoms with Crippen LogP contribution in [0, 0.1) is 0 Å². The van der Waals surface area contributed by atoms with Gasteiger partial charge in [0, 0.05) is 23.0 Å². The van der Waals surface area contributed by atoms with Crippen LogP contribution < -0.4 is 0 Å². The number of halogens is 1. The molecule has 0 atom stereocenters. The van der Waals surface area contributed by atoms with E-state index in [0.29, 0.717) is 0 Å². The Kier molecular flexibility index (Phi) is 3.45. The highest BCUT2D eigenvalue weighted by atomic mass is 35.5. The van der Waals surface area contributed by atoms with E-state index in [9.17, 15) is 0 Å². The second-order valence-corrected chi connectivity index (χ2v) is 4.02. The van der Waals surface area contributed by atoms with Gasteiger partial charge in [-0.15, -0.1) is 0 Å². The lowest BCUT2D eigenvalue weighted by molar-refractivity contribution is 1.10. The lowest BCUT2D eigenvalue weighted by Gasteiger charge is -1.95. The van der Waals surface area contributed by atoms with Crippen LogP contribution in [0.2, 0.25) is 5.02 Å². The second kappa shape index (κ2) is 5.02. The van der Waals surface area contributed by atoms with E-state index < -0.39 is 0 Å². The van der Waals surface area contributed by atoms with Crippen molar-refractivity contribution in [3.8, 4) is 11.3 Å². The molecular weight excluding hydrogens is 232 g/mol. The number of nitrogens with zero attached hydrogens (tertiary/aromatic N) is 2. The lowest BCUT2D eigenvalue weighted by atomic mass is 10.2. The Balaban J connectivity index is 2.46. The smallest absolute Gasteiger partial charge is 0.136 e. The van der Waals surface area contributed by atoms with Gasteiger partial charge in [-0.2, -0.15) is 0 Å². The Morgan fingerprint density at radius 1 is 1.29 bits per heavy atom. The summed E-state index contributed by atoms with van der Waals surface area (Å²) in [6, 6.07) is 7.63. The number of allylic oxidation sites excluding steroid dienone is 1. The summed E-state index contributed by atoms with van der Waals surface area (Å²) in [4.78, 5) is 4.50. The van der Waals surface area contributed by atoms with E-state index in [-0.39, 0.29) is 0 Å². The van der Waals surface area contributed by atoms with Gasteiger partial charge in [-0.1, -0.05) is 36.4 Å². The molecule has 0 saturated carbocycles. The molecule has 0 saturated heterocycles. The maximum atomic E-state index is 5.86. The summed E-state index contributed by atoms with van der Waals surface area (Å²) in [6.07, 6.45) is 7.61. The third-order valence-corrected chi connectivity index (χ3v) is 2.65. The number of rotatable bonds is 3. The molecule has 0 radical (unpaired) electrons. The van der Waals surface area contributed by atoms with Gasteiger partial charge in [0.15, 0.2) is 0 Å². The fourth-order valence-electron chi connectivity index (χ4n) is 1.60. The Hall–Kier alpha value is -1.80. The fraction of sp³-hybridized carbons (Fsp3) is 0.0714. The lowest BCUT2D eigenvalue weighted by Crippen LogP contribution is -1.86. The summed E-state index contributed by atoms with van der Waals surface area (Å²) in [5.74, 6) is 0.827. The Bertz CT molecular complexity index is 550. The van der Waals surface area contributed by atoms with Crippen molar-refractivity contribution in [3.63, 3.8) is 0 Å². The van der Waals surface area contributed by atoms with Crippen LogP contribution in [0.4, 0.5) is 0 Å². The molecule has 0 N–H and O–H groups in total. The third-order valence-electron chi connectivity index (χ3n) is 2.39. The van der Waals surface area contributed by atoms with E-state index in [2.05, 4.69) is 11.6 Å². The highest BCUT2D eigenvalue weighted by Crippen LogP contribution is 2.21. The van der Waals surface area contributed by atoms with Crippen LogP contribution in [0.3, 0.4) is 0 Å². The van der Waals surface area contributed by atoms with Gasteiger partial charge < -0.3 is 4.57 Å². The van der Waals surface area contributed by atoms with E-state index in [1.54, 1.807) is 6.08 Å². The van der Waals surface area contributed by atoms with Crippen molar-refractivity contribution in [2.24, 2.45) is 0 Å². The van der Waals surface area contributed by atoms with Crippen LogP contribution in [-0.2, 0) is 0 Å². The Morgan fingerprint density at radius 3 is 2.59 bits per heavy atom. The van der Waals surface area contributed by atoms with Gasteiger partial charge >= 0.3 is 0 Å². The summed E-state index contributed by atoms with van der Waals surface area (Å²) >= 11 is 5.86. The SMILES string of the molecule is C=Cc1nc(-c2ccc(Cl)cc2)cn1/C=C\C. The van der Waals surface area contributed by atoms with Crippen molar-refractivity contribution in [1.29, 1.82) is 0 Å². The first-order chi connectivity index (χ1) is 8.24. The molecule has 0 fully saturated rings. The minimum atomic E-state index is 0.727. The topological polar surface area (TPSA) is 17.8 Å². The monoisotopic (exact) mass is 244 g/mol. The summed E-state index contributed by atoms with van der Waals surface area (Å²) in [6.45, 7) is 5.72. The molecule has 2 aromatic rings. The van der Waals surface area contributed by atoms with E-state index in [0.717, 1.165) is 22.1 Å². The predicted octanol–water partition coefficient (Wildman–Crippen LogP) is 4.34. The molecule has 2 rings (SSSR count). The summed E-state index contributed by atoms with van der Waals surface area (Å²) < 4.78 is 1.94. The average molecular weight is 245 g/mol. The highest BCUT2D eigenvalue weighted by Gasteiger charge is 2.05. The molecule has 3 heteroatoms. The maximum absolute atomic E-state index is 5.86. The molecule has 1 aromatic carbocycles. The number of benzene rings is 1. The zero-order valence-corrected chi connectivity index (χ0v) is 10.4. The summed E-state index contributed by atoms with van der Waals surface area (Å²) in [5.41, 5.74) is 1.95. The highest BCUT2D eigenvalue weighted by molar-refractivity contribution is 6.30. The second-order valence-electron chi connectivity index (χ2n) is 3.59. The van der Waals surface area contributed by atoms with E-state index >= 15 is 0 Å². The van der Waals surface area contributed by atoms with Gasteiger partial charge in [0.05, 0.1) is 5.69 Å². The van der Waals surface area contributed by atoms with Gasteiger partial charge in [0.25, 0.3) is 0 Å². The maximum Gasteiger partial charge on any atom is 0.136 e. The van der Waals surface area contributed by atoms with Crippen LogP contribution in [0.25, 0.3) is 23.5 Å². The zero-order valence-electron chi connectivity index (χ0n) is 9.60. The summed E-state index contributed by atoms with van der Waals surface area (Å²) in [5, 5.41) is 0.727. The molecule has 0 unspecified atom stereocenters. The first kappa shape index (κ1) is 11.7. The van der Waals surface area contributed by atoms with Crippen molar-refractivity contribution < 1.29 is 0 Å². The fourth-order valence-corrected chi connectivity index (χ4v) is 1.72. The number of hydrogen-bond donors (Lipinski definition) is 0. The zero-order chi connectivity index (χ0) is 12.3. The van der Waals surface area contributed by atoms with E-state index in [1.807, 2.05) is 54.2 Å². The molecule has 17 heavy (non-hydrogen) atoms. The Labute approximate surface area is 106 Å². The van der Waals surface area contributed by atoms with Crippen molar-refractivity contribution in [1.82, 2.24) is 9.55 Å². The van der Waals surface area contributed by atoms with Crippen molar-refractivity contribution in [2.45, 2.75) is 6.92 Å². The van der Waals surface area contributed by atoms with Crippen LogP contribution >= 0.6 is 11.6 Å². The molecule has 1 aromatic heterocycles. The quantitative estimate of drug-likeness (QED) is 0.786. The van der Waals surface area contributed by atoms with E-state index in [4.69, 9.17) is 11.6 Å². The average Bonchev–Trinajstić information content (AvgIpc) is 2.74. The number of hydrogen-bond acceptors (Lipinski definition) is 1. The van der Waals surface area contributed by atoms with Gasteiger partial charge in [0.1, 0.15) is 5.82 Å². The molecule has 1 heterocycles. The molecule has 0 amide bonds. The van der Waals surface area contributed by atoms with Crippen LogP contribution in [0.15, 0.2) is 43.1 Å². The molecule has 0 aliphatic rings. The minimum Gasteiger partial charge on any atom is -0.307 e. The molecule has 0 bridgehead atoms. The standard InChI is InChI=1S/C14H13ClN2/c1-3-9-17-10-13(16-14(17)4-2)11-5-7-12(15)8-6-11/h3-10H,2H2,1H3/b9-3-. The Morgan fingerprint density at radius 2 is 2.00 bits per heavy atom. The molecule has 0 spiro atoms. The van der Waals surface area contributed by atoms with Crippen molar-refractivity contribution >= 4 is 23.9 Å². The molecule has 0 aliphatic heterocycles. The van der Waals surface area contributed by atoms with Crippen LogP contribution in [0.1, 0.15) is 12.7 Å². The normalized spacial score (nSPS) is 10.9. The minimum absolute atomic E-state index is 0.727. The first-order valence-corrected chi connectivity index (χ1v) is 5.72. The third kappa shape index (κ3) is 2.48. The molecule has 86 valence electrons. The number of aromatic nitrogens is 2. The summed E-state index contributed by atoms with van der Waals surface area (Å²) in [7, 11) is 0. The molecule has 0 aliphatic carbocycles. The van der Waals surface area contributed by atoms with Gasteiger partial charge in [0.2, 0.25) is 0 Å². The van der Waals surface area contributed by atoms with Crippen LogP contribution in [0.5, 0.6) is 0 Å². The predicted molar refractivity (Wildman–Crippen MR) is 73.8 cm³/mol. The molecule has 2 nitrogen and oxygen atoms in total. The van der Waals surface area contributed by atoms with Crippen molar-refractivity contribution in [3.05, 3.63) is 54.0 Å². The largest absolute Gasteiger partial charge is 0.307 e. The first-order valence-electron chi connectivity index (χ1n) is 5.34. The molecular formula is C14H13ClN2. The van der Waals surface area contributed by atoms with Gasteiger partial charge in [-0.25, -0.2) is 4.98 Å². The number of imidazole rings is 1. The van der Waals surface area contributed by atoms with E-state index in [1.165, 1.54) is 0 Å². The van der Waals surface area contributed by atoms with Crippen molar-refractivity contribution in [2.75, 3.05) is 0 Å². The van der Waals surface area contributed by atoms with Crippen LogP contribution in [-0.4, -0.2) is 9.55 Å². The van der Waals surface area contributed by atoms with Gasteiger partial charge in [-0.05, 0) is 25.1 Å².